The second kappa shape index (κ2) is 8.30. The first kappa shape index (κ1) is 18.4. The smallest absolute Gasteiger partial charge is 0.257 e. The third-order valence-electron chi connectivity index (χ3n) is 5.09. The number of piperidine rings is 1. The molecule has 1 aliphatic rings. The van der Waals surface area contributed by atoms with Crippen molar-refractivity contribution in [3.63, 3.8) is 0 Å². The predicted octanol–water partition coefficient (Wildman–Crippen LogP) is 4.75. The molecule has 1 saturated heterocycles. The highest BCUT2D eigenvalue weighted by Gasteiger charge is 2.26. The molecule has 0 spiro atoms. The second-order valence-electron chi connectivity index (χ2n) is 7.22. The van der Waals surface area contributed by atoms with Gasteiger partial charge in [-0.05, 0) is 43.2 Å². The quantitative estimate of drug-likeness (QED) is 0.844. The lowest BCUT2D eigenvalue weighted by Gasteiger charge is -2.35. The number of amides is 1. The summed E-state index contributed by atoms with van der Waals surface area (Å²) in [4.78, 5) is 23.5. The molecule has 1 N–H and O–H groups in total. The molecule has 2 aromatic rings. The molecule has 26 heavy (non-hydrogen) atoms. The van der Waals surface area contributed by atoms with E-state index in [1.54, 1.807) is 12.4 Å². The van der Waals surface area contributed by atoms with Crippen LogP contribution in [-0.4, -0.2) is 33.4 Å². The Morgan fingerprint density at radius 3 is 2.65 bits per heavy atom. The number of hydrogen-bond acceptors (Lipinski definition) is 4. The summed E-state index contributed by atoms with van der Waals surface area (Å²) >= 11 is 0. The van der Waals surface area contributed by atoms with Crippen LogP contribution >= 0.6 is 0 Å². The molecule has 1 amide bonds. The van der Waals surface area contributed by atoms with Gasteiger partial charge in [0.2, 0.25) is 5.95 Å². The lowest BCUT2D eigenvalue weighted by atomic mass is 9.99. The topological polar surface area (TPSA) is 58.1 Å². The summed E-state index contributed by atoms with van der Waals surface area (Å²) in [6, 6.07) is 8.50. The molecule has 0 bridgehead atoms. The van der Waals surface area contributed by atoms with Crippen LogP contribution in [0.4, 0.5) is 11.6 Å². The molecule has 0 saturated carbocycles. The van der Waals surface area contributed by atoms with Crippen LogP contribution in [0.25, 0.3) is 0 Å². The summed E-state index contributed by atoms with van der Waals surface area (Å²) in [5.41, 5.74) is 2.78. The lowest BCUT2D eigenvalue weighted by molar-refractivity contribution is 0.0607. The van der Waals surface area contributed by atoms with Crippen LogP contribution in [0.1, 0.15) is 68.3 Å². The van der Waals surface area contributed by atoms with Gasteiger partial charge in [-0.2, -0.15) is 0 Å². The van der Waals surface area contributed by atoms with Gasteiger partial charge < -0.3 is 10.2 Å². The van der Waals surface area contributed by atoms with Crippen LogP contribution in [0, 0.1) is 0 Å². The van der Waals surface area contributed by atoms with E-state index in [-0.39, 0.29) is 5.91 Å². The molecule has 138 valence electrons. The van der Waals surface area contributed by atoms with Crippen molar-refractivity contribution in [2.45, 2.75) is 58.4 Å². The molecular formula is C21H28N4O. The highest BCUT2D eigenvalue weighted by molar-refractivity contribution is 5.94. The summed E-state index contributed by atoms with van der Waals surface area (Å²) in [5, 5.41) is 3.27. The van der Waals surface area contributed by atoms with Crippen LogP contribution in [-0.2, 0) is 0 Å². The van der Waals surface area contributed by atoms with E-state index >= 15 is 0 Å². The summed E-state index contributed by atoms with van der Waals surface area (Å²) in [6.07, 6.45) is 7.65. The Morgan fingerprint density at radius 2 is 1.96 bits per heavy atom. The molecule has 3 rings (SSSR count). The number of carbonyl (C=O) groups is 1. The lowest BCUT2D eigenvalue weighted by Crippen LogP contribution is -2.43. The molecule has 0 aliphatic carbocycles. The van der Waals surface area contributed by atoms with Crippen molar-refractivity contribution in [1.29, 1.82) is 0 Å². The number of nitrogens with zero attached hydrogens (tertiary/aromatic N) is 3. The van der Waals surface area contributed by atoms with Crippen molar-refractivity contribution in [3.8, 4) is 0 Å². The van der Waals surface area contributed by atoms with Crippen molar-refractivity contribution < 1.29 is 4.79 Å². The number of hydrogen-bond donors (Lipinski definition) is 1. The van der Waals surface area contributed by atoms with E-state index < -0.39 is 0 Å². The molecule has 1 aromatic carbocycles. The first-order chi connectivity index (χ1) is 12.6. The average Bonchev–Trinajstić information content (AvgIpc) is 2.68. The first-order valence-electron chi connectivity index (χ1n) is 9.59. The fraction of sp³-hybridized carbons (Fsp3) is 0.476. The Labute approximate surface area is 155 Å². The Balaban J connectivity index is 1.73. The van der Waals surface area contributed by atoms with Gasteiger partial charge in [0, 0.05) is 30.7 Å². The van der Waals surface area contributed by atoms with Crippen LogP contribution in [0.5, 0.6) is 0 Å². The second-order valence-corrected chi connectivity index (χ2v) is 7.22. The van der Waals surface area contributed by atoms with Crippen LogP contribution < -0.4 is 5.32 Å². The molecular weight excluding hydrogens is 324 g/mol. The molecule has 1 aromatic heterocycles. The van der Waals surface area contributed by atoms with Gasteiger partial charge in [0.05, 0.1) is 5.56 Å². The SMILES string of the molecule is CCC1CCCCN1C(=O)c1cnc(Nc2ccccc2C(C)C)nc1. The van der Waals surface area contributed by atoms with Crippen LogP contribution in [0.15, 0.2) is 36.7 Å². The summed E-state index contributed by atoms with van der Waals surface area (Å²) in [7, 11) is 0. The monoisotopic (exact) mass is 352 g/mol. The predicted molar refractivity (Wildman–Crippen MR) is 105 cm³/mol. The van der Waals surface area contributed by atoms with Gasteiger partial charge in [-0.1, -0.05) is 39.0 Å². The van der Waals surface area contributed by atoms with Crippen molar-refractivity contribution in [2.24, 2.45) is 0 Å². The molecule has 5 nitrogen and oxygen atoms in total. The largest absolute Gasteiger partial charge is 0.336 e. The first-order valence-corrected chi connectivity index (χ1v) is 9.59. The highest BCUT2D eigenvalue weighted by atomic mass is 16.2. The Bertz CT molecular complexity index is 742. The number of rotatable bonds is 5. The molecule has 0 radical (unpaired) electrons. The van der Waals surface area contributed by atoms with E-state index in [0.717, 1.165) is 31.5 Å². The van der Waals surface area contributed by atoms with Gasteiger partial charge in [-0.15, -0.1) is 0 Å². The van der Waals surface area contributed by atoms with Crippen LogP contribution in [0.2, 0.25) is 0 Å². The Hall–Kier alpha value is -2.43. The zero-order valence-electron chi connectivity index (χ0n) is 15.9. The van der Waals surface area contributed by atoms with E-state index in [2.05, 4.69) is 42.1 Å². The fourth-order valence-electron chi connectivity index (χ4n) is 3.60. The molecule has 1 aliphatic heterocycles. The number of benzene rings is 1. The van der Waals surface area contributed by atoms with Gasteiger partial charge in [0.15, 0.2) is 0 Å². The molecule has 1 unspecified atom stereocenters. The highest BCUT2D eigenvalue weighted by Crippen LogP contribution is 2.26. The van der Waals surface area contributed by atoms with Crippen molar-refractivity contribution >= 4 is 17.5 Å². The minimum Gasteiger partial charge on any atom is -0.336 e. The van der Waals surface area contributed by atoms with Gasteiger partial charge in [-0.25, -0.2) is 9.97 Å². The van der Waals surface area contributed by atoms with Gasteiger partial charge in [-0.3, -0.25) is 4.79 Å². The summed E-state index contributed by atoms with van der Waals surface area (Å²) < 4.78 is 0. The van der Waals surface area contributed by atoms with Gasteiger partial charge in [0.25, 0.3) is 5.91 Å². The number of anilines is 2. The van der Waals surface area contributed by atoms with E-state index in [1.807, 2.05) is 23.1 Å². The van der Waals surface area contributed by atoms with Gasteiger partial charge in [0.1, 0.15) is 0 Å². The summed E-state index contributed by atoms with van der Waals surface area (Å²) in [6.45, 7) is 7.29. The molecule has 1 fully saturated rings. The number of likely N-dealkylation sites (tertiary alicyclic amines) is 1. The maximum Gasteiger partial charge on any atom is 0.257 e. The maximum absolute atomic E-state index is 12.8. The third-order valence-corrected chi connectivity index (χ3v) is 5.09. The normalized spacial score (nSPS) is 17.4. The molecule has 1 atom stereocenters. The number of aromatic nitrogens is 2. The zero-order chi connectivity index (χ0) is 18.5. The van der Waals surface area contributed by atoms with E-state index in [9.17, 15) is 4.79 Å². The number of nitrogens with one attached hydrogen (secondary N) is 1. The molecule has 2 heterocycles. The van der Waals surface area contributed by atoms with Crippen molar-refractivity contribution in [1.82, 2.24) is 14.9 Å². The third kappa shape index (κ3) is 4.03. The van der Waals surface area contributed by atoms with Crippen LogP contribution in [0.3, 0.4) is 0 Å². The summed E-state index contributed by atoms with van der Waals surface area (Å²) in [5.74, 6) is 0.968. The Morgan fingerprint density at radius 1 is 1.23 bits per heavy atom. The molecule has 5 heteroatoms. The average molecular weight is 352 g/mol. The number of para-hydroxylation sites is 1. The minimum atomic E-state index is 0.0469. The van der Waals surface area contributed by atoms with Gasteiger partial charge >= 0.3 is 0 Å². The zero-order valence-corrected chi connectivity index (χ0v) is 15.9. The van der Waals surface area contributed by atoms with Crippen molar-refractivity contribution in [2.75, 3.05) is 11.9 Å². The maximum atomic E-state index is 12.8. The standard InChI is InChI=1S/C21H28N4O/c1-4-17-9-7-8-12-25(17)20(26)16-13-22-21(23-14-16)24-19-11-6-5-10-18(19)15(2)3/h5-6,10-11,13-15,17H,4,7-9,12H2,1-3H3,(H,22,23,24). The van der Waals surface area contributed by atoms with E-state index in [1.165, 1.54) is 12.0 Å². The fourth-order valence-corrected chi connectivity index (χ4v) is 3.60. The Kier molecular flexibility index (Phi) is 5.86. The minimum absolute atomic E-state index is 0.0469. The number of carbonyl (C=O) groups excluding carboxylic acids is 1. The van der Waals surface area contributed by atoms with E-state index in [0.29, 0.717) is 23.5 Å². The van der Waals surface area contributed by atoms with E-state index in [4.69, 9.17) is 0 Å². The van der Waals surface area contributed by atoms with Crippen molar-refractivity contribution in [3.05, 3.63) is 47.8 Å².